The van der Waals surface area contributed by atoms with Crippen LogP contribution in [0.5, 0.6) is 5.75 Å². The van der Waals surface area contributed by atoms with Crippen molar-refractivity contribution in [2.24, 2.45) is 5.10 Å². The molecule has 142 valence electrons. The zero-order chi connectivity index (χ0) is 19.5. The van der Waals surface area contributed by atoms with Crippen LogP contribution in [0.3, 0.4) is 0 Å². The van der Waals surface area contributed by atoms with Crippen LogP contribution in [0.25, 0.3) is 11.1 Å². The van der Waals surface area contributed by atoms with Crippen molar-refractivity contribution in [3.05, 3.63) is 72.4 Å². The van der Waals surface area contributed by atoms with Crippen molar-refractivity contribution >= 4 is 17.3 Å². The summed E-state index contributed by atoms with van der Waals surface area (Å²) in [5, 5.41) is 6.72. The number of nitrogens with zero attached hydrogens (tertiary/aromatic N) is 4. The number of aromatic nitrogens is 1. The van der Waals surface area contributed by atoms with Crippen LogP contribution in [-0.4, -0.2) is 29.5 Å². The Bertz CT molecular complexity index is 1000. The Morgan fingerprint density at radius 3 is 2.61 bits per heavy atom. The van der Waals surface area contributed by atoms with Gasteiger partial charge in [-0.2, -0.15) is 5.10 Å². The fourth-order valence-electron chi connectivity index (χ4n) is 3.28. The molecular weight excluding hydrogens is 350 g/mol. The Hall–Kier alpha value is -3.54. The van der Waals surface area contributed by atoms with Gasteiger partial charge in [0, 0.05) is 12.7 Å². The second kappa shape index (κ2) is 7.60. The normalized spacial score (nSPS) is 13.6. The van der Waals surface area contributed by atoms with Gasteiger partial charge in [0.2, 0.25) is 0 Å². The van der Waals surface area contributed by atoms with Crippen molar-refractivity contribution in [3.63, 3.8) is 0 Å². The summed E-state index contributed by atoms with van der Waals surface area (Å²) in [5.74, 6) is 2.39. The highest BCUT2D eigenvalue weighted by molar-refractivity contribution is 5.83. The van der Waals surface area contributed by atoms with Crippen molar-refractivity contribution in [1.29, 1.82) is 0 Å². The summed E-state index contributed by atoms with van der Waals surface area (Å²) in [4.78, 5) is 6.29. The number of nitrogen functional groups attached to an aromatic ring is 1. The molecule has 0 saturated heterocycles. The van der Waals surface area contributed by atoms with Gasteiger partial charge >= 0.3 is 0 Å². The Labute approximate surface area is 164 Å². The number of methoxy groups -OCH3 is 1. The van der Waals surface area contributed by atoms with Gasteiger partial charge in [0.05, 0.1) is 12.8 Å². The molecule has 3 aromatic rings. The Morgan fingerprint density at radius 1 is 1.04 bits per heavy atom. The average molecular weight is 373 g/mol. The minimum Gasteiger partial charge on any atom is -0.497 e. The lowest BCUT2D eigenvalue weighted by Gasteiger charge is -2.21. The van der Waals surface area contributed by atoms with Crippen molar-refractivity contribution in [1.82, 2.24) is 9.88 Å². The molecule has 0 spiro atoms. The van der Waals surface area contributed by atoms with E-state index < -0.39 is 0 Å². The molecule has 0 unspecified atom stereocenters. The molecule has 28 heavy (non-hydrogen) atoms. The van der Waals surface area contributed by atoms with E-state index in [1.165, 1.54) is 5.56 Å². The lowest BCUT2D eigenvalue weighted by atomic mass is 10.1. The average Bonchev–Trinajstić information content (AvgIpc) is 3.08. The number of amidine groups is 1. The number of nitrogens with two attached hydrogens (primary N) is 1. The van der Waals surface area contributed by atoms with E-state index in [4.69, 9.17) is 15.6 Å². The third-order valence-electron chi connectivity index (χ3n) is 4.82. The molecule has 0 radical (unpaired) electrons. The van der Waals surface area contributed by atoms with E-state index in [0.717, 1.165) is 34.9 Å². The maximum atomic E-state index is 5.79. The molecule has 2 aromatic carbocycles. The van der Waals surface area contributed by atoms with E-state index in [1.807, 2.05) is 36.2 Å². The summed E-state index contributed by atoms with van der Waals surface area (Å²) < 4.78 is 5.32. The van der Waals surface area contributed by atoms with Gasteiger partial charge in [-0.15, -0.1) is 0 Å². The first kappa shape index (κ1) is 17.9. The number of anilines is 2. The number of hydrazone groups is 1. The number of rotatable bonds is 5. The number of hydrogen-bond donors (Lipinski definition) is 1. The van der Waals surface area contributed by atoms with E-state index in [9.17, 15) is 0 Å². The summed E-state index contributed by atoms with van der Waals surface area (Å²) in [6.07, 6.45) is 1.73. The van der Waals surface area contributed by atoms with Crippen molar-refractivity contribution < 1.29 is 4.74 Å². The maximum Gasteiger partial charge on any atom is 0.124 e. The third-order valence-corrected chi connectivity index (χ3v) is 4.82. The molecule has 0 amide bonds. The molecule has 6 nitrogen and oxygen atoms in total. The minimum absolute atomic E-state index is 0.523. The van der Waals surface area contributed by atoms with Crippen LogP contribution in [0.15, 0.2) is 72.0 Å². The van der Waals surface area contributed by atoms with Crippen LogP contribution in [0, 0.1) is 0 Å². The van der Waals surface area contributed by atoms with Crippen LogP contribution >= 0.6 is 0 Å². The van der Waals surface area contributed by atoms with Gasteiger partial charge in [0.15, 0.2) is 0 Å². The summed E-state index contributed by atoms with van der Waals surface area (Å²) in [6.45, 7) is 3.54. The lowest BCUT2D eigenvalue weighted by molar-refractivity contribution is 0.410. The second-order valence-corrected chi connectivity index (χ2v) is 6.75. The van der Waals surface area contributed by atoms with Crippen molar-refractivity contribution in [2.75, 3.05) is 24.5 Å². The van der Waals surface area contributed by atoms with E-state index in [0.29, 0.717) is 12.5 Å². The Kier molecular flexibility index (Phi) is 4.85. The van der Waals surface area contributed by atoms with Gasteiger partial charge in [0.25, 0.3) is 0 Å². The monoisotopic (exact) mass is 373 g/mol. The van der Waals surface area contributed by atoms with E-state index in [2.05, 4.69) is 46.3 Å². The molecule has 0 bridgehead atoms. The first-order valence-electron chi connectivity index (χ1n) is 9.15. The van der Waals surface area contributed by atoms with Crippen LogP contribution in [0.4, 0.5) is 11.5 Å². The predicted molar refractivity (Wildman–Crippen MR) is 113 cm³/mol. The standard InChI is InChI=1S/C22H23N5O/c1-16-25-27(15-26(16)14-17-4-3-5-21(12-17)28-2)20-8-6-18(7-9-20)19-10-11-24-22(23)13-19/h3-13H,14-15H2,1-2H3,(H2,23,24). The molecule has 2 heterocycles. The molecule has 6 heteroatoms. The van der Waals surface area contributed by atoms with Crippen LogP contribution in [-0.2, 0) is 6.54 Å². The molecule has 0 fully saturated rings. The summed E-state index contributed by atoms with van der Waals surface area (Å²) >= 11 is 0. The van der Waals surface area contributed by atoms with E-state index in [-0.39, 0.29) is 0 Å². The number of hydrogen-bond acceptors (Lipinski definition) is 6. The number of ether oxygens (including phenoxy) is 1. The fourth-order valence-corrected chi connectivity index (χ4v) is 3.28. The predicted octanol–water partition coefficient (Wildman–Crippen LogP) is 3.95. The molecule has 0 aliphatic carbocycles. The Morgan fingerprint density at radius 2 is 1.86 bits per heavy atom. The van der Waals surface area contributed by atoms with Gasteiger partial charge in [-0.3, -0.25) is 0 Å². The largest absolute Gasteiger partial charge is 0.497 e. The molecule has 1 aliphatic rings. The second-order valence-electron chi connectivity index (χ2n) is 6.75. The molecular formula is C22H23N5O. The SMILES string of the molecule is COc1cccc(CN2CN(c3ccc(-c4ccnc(N)c4)cc3)N=C2C)c1. The summed E-state index contributed by atoms with van der Waals surface area (Å²) in [6, 6.07) is 20.3. The van der Waals surface area contributed by atoms with E-state index in [1.54, 1.807) is 13.3 Å². The van der Waals surface area contributed by atoms with Gasteiger partial charge in [-0.05, 0) is 60.0 Å². The molecule has 4 rings (SSSR count). The minimum atomic E-state index is 0.523. The van der Waals surface area contributed by atoms with Gasteiger partial charge in [0.1, 0.15) is 24.1 Å². The molecule has 0 atom stereocenters. The van der Waals surface area contributed by atoms with Crippen molar-refractivity contribution in [3.8, 4) is 16.9 Å². The van der Waals surface area contributed by atoms with Gasteiger partial charge in [-0.1, -0.05) is 24.3 Å². The number of pyridine rings is 1. The smallest absolute Gasteiger partial charge is 0.124 e. The third kappa shape index (κ3) is 3.76. The number of benzene rings is 2. The Balaban J connectivity index is 1.47. The molecule has 1 aromatic heterocycles. The van der Waals surface area contributed by atoms with Crippen LogP contribution in [0.2, 0.25) is 0 Å². The first-order valence-corrected chi connectivity index (χ1v) is 9.15. The van der Waals surface area contributed by atoms with Crippen LogP contribution in [0.1, 0.15) is 12.5 Å². The topological polar surface area (TPSA) is 67.0 Å². The maximum absolute atomic E-state index is 5.79. The summed E-state index contributed by atoms with van der Waals surface area (Å²) in [7, 11) is 1.69. The molecule has 2 N–H and O–H groups in total. The zero-order valence-corrected chi connectivity index (χ0v) is 16.0. The van der Waals surface area contributed by atoms with Crippen LogP contribution < -0.4 is 15.5 Å². The highest BCUT2D eigenvalue weighted by atomic mass is 16.5. The highest BCUT2D eigenvalue weighted by Gasteiger charge is 2.21. The lowest BCUT2D eigenvalue weighted by Crippen LogP contribution is -2.29. The highest BCUT2D eigenvalue weighted by Crippen LogP contribution is 2.26. The van der Waals surface area contributed by atoms with Gasteiger partial charge < -0.3 is 15.4 Å². The first-order chi connectivity index (χ1) is 13.6. The quantitative estimate of drug-likeness (QED) is 0.733. The van der Waals surface area contributed by atoms with E-state index >= 15 is 0 Å². The fraction of sp³-hybridized carbons (Fsp3) is 0.182. The van der Waals surface area contributed by atoms with Gasteiger partial charge in [-0.25, -0.2) is 9.99 Å². The summed E-state index contributed by atoms with van der Waals surface area (Å²) in [5.41, 5.74) is 10.2. The molecule has 0 saturated carbocycles. The van der Waals surface area contributed by atoms with Crippen molar-refractivity contribution in [2.45, 2.75) is 13.5 Å². The zero-order valence-electron chi connectivity index (χ0n) is 16.0. The molecule has 1 aliphatic heterocycles.